The van der Waals surface area contributed by atoms with Crippen molar-refractivity contribution in [2.75, 3.05) is 18.4 Å². The Morgan fingerprint density at radius 3 is 2.46 bits per heavy atom. The molecule has 3 aromatic rings. The van der Waals surface area contributed by atoms with Gasteiger partial charge in [0, 0.05) is 24.3 Å². The van der Waals surface area contributed by atoms with E-state index in [4.69, 9.17) is 0 Å². The van der Waals surface area contributed by atoms with Gasteiger partial charge in [0.1, 0.15) is 6.04 Å². The van der Waals surface area contributed by atoms with Gasteiger partial charge in [0.15, 0.2) is 0 Å². The van der Waals surface area contributed by atoms with Crippen LogP contribution in [0, 0.1) is 5.92 Å². The summed E-state index contributed by atoms with van der Waals surface area (Å²) in [4.78, 5) is 44.6. The van der Waals surface area contributed by atoms with Crippen LogP contribution in [0.25, 0.3) is 10.9 Å². The lowest BCUT2D eigenvalue weighted by Gasteiger charge is -2.22. The molecule has 0 radical (unpaired) electrons. The smallest absolute Gasteiger partial charge is 0.258 e. The molecule has 0 spiro atoms. The van der Waals surface area contributed by atoms with Gasteiger partial charge in [-0.3, -0.25) is 14.4 Å². The van der Waals surface area contributed by atoms with Crippen LogP contribution >= 0.6 is 0 Å². The van der Waals surface area contributed by atoms with E-state index >= 15 is 0 Å². The number of hydrogen-bond acceptors (Lipinski definition) is 6. The molecule has 35 heavy (non-hydrogen) atoms. The number of amides is 2. The number of rotatable bonds is 9. The van der Waals surface area contributed by atoms with Crippen LogP contribution in [0.15, 0.2) is 58.5 Å². The number of sulfonamides is 1. The van der Waals surface area contributed by atoms with Gasteiger partial charge in [-0.25, -0.2) is 13.4 Å². The molecule has 1 aromatic heterocycles. The van der Waals surface area contributed by atoms with Gasteiger partial charge in [-0.2, -0.15) is 4.31 Å². The third-order valence-electron chi connectivity index (χ3n) is 5.58. The van der Waals surface area contributed by atoms with E-state index in [1.165, 1.54) is 41.0 Å². The molecule has 11 heteroatoms. The second-order valence-electron chi connectivity index (χ2n) is 8.27. The van der Waals surface area contributed by atoms with Gasteiger partial charge in [0.05, 0.1) is 22.1 Å². The van der Waals surface area contributed by atoms with Crippen molar-refractivity contribution < 1.29 is 18.0 Å². The van der Waals surface area contributed by atoms with Crippen LogP contribution in [0.5, 0.6) is 0 Å². The average Bonchev–Trinajstić information content (AvgIpc) is 2.83. The van der Waals surface area contributed by atoms with E-state index in [9.17, 15) is 22.8 Å². The average molecular weight is 500 g/mol. The maximum atomic E-state index is 13.0. The number of fused-ring (bicyclic) bond motifs is 1. The largest absolute Gasteiger partial charge is 0.340 e. The highest BCUT2D eigenvalue weighted by Gasteiger charge is 2.27. The second-order valence-corrected chi connectivity index (χ2v) is 10.2. The summed E-state index contributed by atoms with van der Waals surface area (Å²) in [5.41, 5.74) is 0.660. The quantitative estimate of drug-likeness (QED) is 0.413. The van der Waals surface area contributed by atoms with Gasteiger partial charge < -0.3 is 15.6 Å². The molecule has 1 heterocycles. The van der Waals surface area contributed by atoms with Gasteiger partial charge >= 0.3 is 0 Å². The summed E-state index contributed by atoms with van der Waals surface area (Å²) in [7, 11) is -3.74. The molecule has 0 saturated heterocycles. The molecule has 10 nitrogen and oxygen atoms in total. The van der Waals surface area contributed by atoms with Crippen LogP contribution in [-0.2, 0) is 14.8 Å². The number of aromatic amines is 1. The number of nitrogens with zero attached hydrogens (tertiary/aromatic N) is 2. The molecular weight excluding hydrogens is 470 g/mol. The minimum Gasteiger partial charge on any atom is -0.340 e. The summed E-state index contributed by atoms with van der Waals surface area (Å²) in [6.07, 6.45) is 1.30. The number of nitrogens with one attached hydrogen (secondary N) is 3. The van der Waals surface area contributed by atoms with E-state index < -0.39 is 27.9 Å². The predicted octanol–water partition coefficient (Wildman–Crippen LogP) is 2.35. The van der Waals surface area contributed by atoms with E-state index in [-0.39, 0.29) is 21.9 Å². The highest BCUT2D eigenvalue weighted by Crippen LogP contribution is 2.18. The second kappa shape index (κ2) is 10.8. The fourth-order valence-electron chi connectivity index (χ4n) is 3.64. The van der Waals surface area contributed by atoms with Crippen LogP contribution in [-0.4, -0.2) is 53.6 Å². The Labute approximate surface area is 203 Å². The van der Waals surface area contributed by atoms with Crippen LogP contribution < -0.4 is 16.2 Å². The lowest BCUT2D eigenvalue weighted by atomic mass is 10.0. The van der Waals surface area contributed by atoms with Gasteiger partial charge in [0.2, 0.25) is 15.9 Å². The molecule has 0 saturated carbocycles. The molecule has 0 aliphatic heterocycles. The topological polar surface area (TPSA) is 141 Å². The zero-order valence-corrected chi connectivity index (χ0v) is 20.8. The Balaban J connectivity index is 1.81. The van der Waals surface area contributed by atoms with Crippen LogP contribution in [0.1, 0.15) is 38.1 Å². The van der Waals surface area contributed by atoms with Crippen LogP contribution in [0.2, 0.25) is 0 Å². The highest BCUT2D eigenvalue weighted by molar-refractivity contribution is 7.89. The van der Waals surface area contributed by atoms with Crippen molar-refractivity contribution in [1.29, 1.82) is 0 Å². The molecule has 2 amide bonds. The molecule has 0 aliphatic rings. The Hall–Kier alpha value is -3.57. The normalized spacial score (nSPS) is 12.6. The summed E-state index contributed by atoms with van der Waals surface area (Å²) in [6.45, 7) is 7.65. The standard InChI is InChI=1S/C24H29N5O5S/c1-5-29(6-2)35(33,34)18-9-7-8-16(12-18)22(30)28-21(15(3)4)24(32)27-17-10-11-20-19(13-17)23(31)26-14-25-20/h7-15,21H,5-6H2,1-4H3,(H,27,32)(H,28,30)(H,25,26,31). The fraction of sp³-hybridized carbons (Fsp3) is 0.333. The number of benzene rings is 2. The zero-order chi connectivity index (χ0) is 25.8. The SMILES string of the molecule is CCN(CC)S(=O)(=O)c1cccc(C(=O)NC(C(=O)Nc2ccc3nc[nH]c(=O)c3c2)C(C)C)c1. The summed E-state index contributed by atoms with van der Waals surface area (Å²) in [6, 6.07) is 9.57. The molecule has 3 N–H and O–H groups in total. The van der Waals surface area contributed by atoms with Crippen molar-refractivity contribution >= 4 is 38.4 Å². The molecule has 186 valence electrons. The Morgan fingerprint density at radius 1 is 1.09 bits per heavy atom. The molecule has 2 aromatic carbocycles. The lowest BCUT2D eigenvalue weighted by Crippen LogP contribution is -2.47. The number of aromatic nitrogens is 2. The van der Waals surface area contributed by atoms with Crippen molar-refractivity contribution in [2.24, 2.45) is 5.92 Å². The minimum atomic E-state index is -3.74. The number of H-pyrrole nitrogens is 1. The molecular formula is C24H29N5O5S. The van der Waals surface area contributed by atoms with Gasteiger partial charge in [-0.1, -0.05) is 33.8 Å². The number of carbonyl (C=O) groups excluding carboxylic acids is 2. The van der Waals surface area contributed by atoms with Crippen LogP contribution in [0.4, 0.5) is 5.69 Å². The summed E-state index contributed by atoms with van der Waals surface area (Å²) in [5, 5.41) is 5.75. The monoisotopic (exact) mass is 499 g/mol. The van der Waals surface area contributed by atoms with E-state index in [0.29, 0.717) is 29.7 Å². The van der Waals surface area contributed by atoms with Crippen LogP contribution in [0.3, 0.4) is 0 Å². The van der Waals surface area contributed by atoms with E-state index in [2.05, 4.69) is 20.6 Å². The number of hydrogen-bond donors (Lipinski definition) is 3. The van der Waals surface area contributed by atoms with Crippen molar-refractivity contribution in [3.8, 4) is 0 Å². The molecule has 0 bridgehead atoms. The van der Waals surface area contributed by atoms with E-state index in [0.717, 1.165) is 0 Å². The summed E-state index contributed by atoms with van der Waals surface area (Å²) in [5.74, 6) is -1.32. The van der Waals surface area contributed by atoms with Crippen molar-refractivity contribution in [2.45, 2.75) is 38.6 Å². The number of carbonyl (C=O) groups is 2. The van der Waals surface area contributed by atoms with E-state index in [1.54, 1.807) is 39.8 Å². The molecule has 1 unspecified atom stereocenters. The Morgan fingerprint density at radius 2 is 1.80 bits per heavy atom. The van der Waals surface area contributed by atoms with Crippen molar-refractivity contribution in [1.82, 2.24) is 19.6 Å². The third-order valence-corrected chi connectivity index (χ3v) is 7.63. The zero-order valence-electron chi connectivity index (χ0n) is 20.0. The highest BCUT2D eigenvalue weighted by atomic mass is 32.2. The lowest BCUT2D eigenvalue weighted by molar-refractivity contribution is -0.118. The van der Waals surface area contributed by atoms with E-state index in [1.807, 2.05) is 0 Å². The maximum Gasteiger partial charge on any atom is 0.258 e. The first-order valence-corrected chi connectivity index (χ1v) is 12.7. The Bertz CT molecular complexity index is 1400. The van der Waals surface area contributed by atoms with Crippen molar-refractivity contribution in [3.05, 3.63) is 64.7 Å². The molecule has 0 fully saturated rings. The fourth-order valence-corrected chi connectivity index (χ4v) is 5.14. The summed E-state index contributed by atoms with van der Waals surface area (Å²) < 4.78 is 27.0. The number of anilines is 1. The van der Waals surface area contributed by atoms with Crippen molar-refractivity contribution in [3.63, 3.8) is 0 Å². The first-order chi connectivity index (χ1) is 16.6. The minimum absolute atomic E-state index is 0.00870. The maximum absolute atomic E-state index is 13.0. The summed E-state index contributed by atoms with van der Waals surface area (Å²) >= 11 is 0. The first-order valence-electron chi connectivity index (χ1n) is 11.3. The van der Waals surface area contributed by atoms with Gasteiger partial charge in [0.25, 0.3) is 11.5 Å². The van der Waals surface area contributed by atoms with Gasteiger partial charge in [-0.15, -0.1) is 0 Å². The molecule has 1 atom stereocenters. The third kappa shape index (κ3) is 5.75. The molecule has 3 rings (SSSR count). The Kier molecular flexibility index (Phi) is 8.03. The predicted molar refractivity (Wildman–Crippen MR) is 134 cm³/mol. The molecule has 0 aliphatic carbocycles. The first kappa shape index (κ1) is 26.0. The van der Waals surface area contributed by atoms with Gasteiger partial charge in [-0.05, 0) is 42.3 Å².